The molecular formula is C15H16FNO3S. The molecule has 0 saturated heterocycles. The molecule has 0 bridgehead atoms. The van der Waals surface area contributed by atoms with Crippen LogP contribution in [0.4, 0.5) is 10.1 Å². The predicted molar refractivity (Wildman–Crippen MR) is 79.7 cm³/mol. The van der Waals surface area contributed by atoms with Gasteiger partial charge in [0.05, 0.1) is 7.11 Å². The summed E-state index contributed by atoms with van der Waals surface area (Å²) in [5, 5.41) is 0. The van der Waals surface area contributed by atoms with Crippen molar-refractivity contribution < 1.29 is 17.5 Å². The molecule has 0 aliphatic heterocycles. The van der Waals surface area contributed by atoms with E-state index in [1.54, 1.807) is 6.92 Å². The Morgan fingerprint density at radius 2 is 1.71 bits per heavy atom. The molecule has 2 aromatic rings. The van der Waals surface area contributed by atoms with Gasteiger partial charge in [-0.1, -0.05) is 6.07 Å². The zero-order chi connectivity index (χ0) is 15.6. The van der Waals surface area contributed by atoms with Crippen LogP contribution in [0.1, 0.15) is 11.1 Å². The highest BCUT2D eigenvalue weighted by molar-refractivity contribution is 7.92. The average molecular weight is 309 g/mol. The minimum Gasteiger partial charge on any atom is -0.495 e. The number of rotatable bonds is 4. The molecule has 0 saturated carbocycles. The first kappa shape index (κ1) is 15.3. The SMILES string of the molecule is COc1c(C)cc(C)cc1S(=O)(=O)Nc1ccc(F)cc1. The van der Waals surface area contributed by atoms with Crippen LogP contribution in [0, 0.1) is 19.7 Å². The Labute approximate surface area is 123 Å². The summed E-state index contributed by atoms with van der Waals surface area (Å²) in [5.74, 6) is -0.128. The molecule has 0 atom stereocenters. The van der Waals surface area contributed by atoms with E-state index < -0.39 is 15.8 Å². The quantitative estimate of drug-likeness (QED) is 0.943. The van der Waals surface area contributed by atoms with Crippen molar-refractivity contribution in [1.82, 2.24) is 0 Å². The molecule has 0 heterocycles. The van der Waals surface area contributed by atoms with E-state index in [9.17, 15) is 12.8 Å². The molecule has 0 spiro atoms. The van der Waals surface area contributed by atoms with Crippen molar-refractivity contribution in [3.63, 3.8) is 0 Å². The predicted octanol–water partition coefficient (Wildman–Crippen LogP) is 3.25. The summed E-state index contributed by atoms with van der Waals surface area (Å²) in [5.41, 5.74) is 1.84. The zero-order valence-corrected chi connectivity index (χ0v) is 12.8. The van der Waals surface area contributed by atoms with Gasteiger partial charge in [0.25, 0.3) is 10.0 Å². The fraction of sp³-hybridized carbons (Fsp3) is 0.200. The highest BCUT2D eigenvalue weighted by atomic mass is 32.2. The Morgan fingerprint density at radius 1 is 1.10 bits per heavy atom. The van der Waals surface area contributed by atoms with Crippen molar-refractivity contribution in [3.05, 3.63) is 53.3 Å². The molecule has 112 valence electrons. The van der Waals surface area contributed by atoms with Crippen LogP contribution in [0.5, 0.6) is 5.75 Å². The van der Waals surface area contributed by atoms with Gasteiger partial charge in [0.1, 0.15) is 16.5 Å². The van der Waals surface area contributed by atoms with Crippen molar-refractivity contribution in [1.29, 1.82) is 0 Å². The maximum atomic E-state index is 12.9. The molecule has 0 fully saturated rings. The first-order valence-electron chi connectivity index (χ1n) is 6.27. The average Bonchev–Trinajstić information content (AvgIpc) is 2.40. The van der Waals surface area contributed by atoms with Gasteiger partial charge in [-0.05, 0) is 55.3 Å². The molecule has 21 heavy (non-hydrogen) atoms. The number of hydrogen-bond donors (Lipinski definition) is 1. The first-order chi connectivity index (χ1) is 9.83. The second kappa shape index (κ2) is 5.73. The minimum absolute atomic E-state index is 0.0619. The summed E-state index contributed by atoms with van der Waals surface area (Å²) in [4.78, 5) is 0.0619. The fourth-order valence-corrected chi connectivity index (χ4v) is 3.49. The lowest BCUT2D eigenvalue weighted by Crippen LogP contribution is -2.15. The normalized spacial score (nSPS) is 11.2. The molecule has 0 aliphatic rings. The van der Waals surface area contributed by atoms with Gasteiger partial charge in [0, 0.05) is 5.69 Å². The largest absolute Gasteiger partial charge is 0.495 e. The van der Waals surface area contributed by atoms with Gasteiger partial charge in [-0.25, -0.2) is 12.8 Å². The van der Waals surface area contributed by atoms with Gasteiger partial charge >= 0.3 is 0 Å². The second-order valence-corrected chi connectivity index (χ2v) is 6.38. The third-order valence-corrected chi connectivity index (χ3v) is 4.36. The van der Waals surface area contributed by atoms with Crippen LogP contribution < -0.4 is 9.46 Å². The number of benzene rings is 2. The lowest BCUT2D eigenvalue weighted by atomic mass is 10.1. The van der Waals surface area contributed by atoms with Crippen LogP contribution in [0.2, 0.25) is 0 Å². The molecule has 2 aromatic carbocycles. The number of ether oxygens (including phenoxy) is 1. The molecule has 2 rings (SSSR count). The molecule has 1 N–H and O–H groups in total. The number of halogens is 1. The summed E-state index contributed by atoms with van der Waals surface area (Å²) in [6.07, 6.45) is 0. The fourth-order valence-electron chi connectivity index (χ4n) is 2.10. The van der Waals surface area contributed by atoms with Crippen LogP contribution in [0.25, 0.3) is 0 Å². The summed E-state index contributed by atoms with van der Waals surface area (Å²) < 4.78 is 45.5. The van der Waals surface area contributed by atoms with E-state index in [-0.39, 0.29) is 10.6 Å². The lowest BCUT2D eigenvalue weighted by molar-refractivity contribution is 0.399. The molecule has 0 radical (unpaired) electrons. The molecule has 0 unspecified atom stereocenters. The smallest absolute Gasteiger partial charge is 0.265 e. The topological polar surface area (TPSA) is 55.4 Å². The Kier molecular flexibility index (Phi) is 4.18. The van der Waals surface area contributed by atoms with Crippen molar-refractivity contribution in [2.24, 2.45) is 0 Å². The highest BCUT2D eigenvalue weighted by Crippen LogP contribution is 2.30. The Morgan fingerprint density at radius 3 is 2.29 bits per heavy atom. The molecule has 0 aliphatic carbocycles. The maximum Gasteiger partial charge on any atom is 0.265 e. The van der Waals surface area contributed by atoms with Gasteiger partial charge < -0.3 is 4.74 Å². The van der Waals surface area contributed by atoms with Gasteiger partial charge in [0.2, 0.25) is 0 Å². The van der Waals surface area contributed by atoms with Crippen molar-refractivity contribution in [3.8, 4) is 5.75 Å². The van der Waals surface area contributed by atoms with Gasteiger partial charge in [-0.15, -0.1) is 0 Å². The third kappa shape index (κ3) is 3.33. The van der Waals surface area contributed by atoms with E-state index in [1.165, 1.54) is 37.4 Å². The van der Waals surface area contributed by atoms with E-state index >= 15 is 0 Å². The Bertz CT molecular complexity index is 755. The Balaban J connectivity index is 2.46. The molecular weight excluding hydrogens is 293 g/mol. The van der Waals surface area contributed by atoms with E-state index in [0.29, 0.717) is 5.75 Å². The van der Waals surface area contributed by atoms with Crippen molar-refractivity contribution in [2.75, 3.05) is 11.8 Å². The minimum atomic E-state index is -3.81. The van der Waals surface area contributed by atoms with E-state index in [1.807, 2.05) is 13.0 Å². The summed E-state index contributed by atoms with van der Waals surface area (Å²) in [6, 6.07) is 8.49. The number of aryl methyl sites for hydroxylation is 2. The molecule has 4 nitrogen and oxygen atoms in total. The van der Waals surface area contributed by atoms with Crippen molar-refractivity contribution in [2.45, 2.75) is 18.7 Å². The second-order valence-electron chi connectivity index (χ2n) is 4.73. The summed E-state index contributed by atoms with van der Waals surface area (Å²) >= 11 is 0. The Hall–Kier alpha value is -2.08. The molecule has 6 heteroatoms. The van der Waals surface area contributed by atoms with Crippen LogP contribution in [-0.4, -0.2) is 15.5 Å². The third-order valence-electron chi connectivity index (χ3n) is 2.97. The first-order valence-corrected chi connectivity index (χ1v) is 7.75. The standard InChI is InChI=1S/C15H16FNO3S/c1-10-8-11(2)15(20-3)14(9-10)21(18,19)17-13-6-4-12(16)5-7-13/h4-9,17H,1-3H3. The van der Waals surface area contributed by atoms with E-state index in [0.717, 1.165) is 11.1 Å². The number of nitrogens with one attached hydrogen (secondary N) is 1. The number of methoxy groups -OCH3 is 1. The molecule has 0 aromatic heterocycles. The van der Waals surface area contributed by atoms with Gasteiger partial charge in [-0.3, -0.25) is 4.72 Å². The van der Waals surface area contributed by atoms with E-state index in [2.05, 4.69) is 4.72 Å². The van der Waals surface area contributed by atoms with Crippen LogP contribution in [0.3, 0.4) is 0 Å². The summed E-state index contributed by atoms with van der Waals surface area (Å²) in [7, 11) is -2.39. The monoisotopic (exact) mass is 309 g/mol. The van der Waals surface area contributed by atoms with E-state index in [4.69, 9.17) is 4.74 Å². The zero-order valence-electron chi connectivity index (χ0n) is 12.0. The van der Waals surface area contributed by atoms with Crippen LogP contribution in [0.15, 0.2) is 41.3 Å². The lowest BCUT2D eigenvalue weighted by Gasteiger charge is -2.14. The highest BCUT2D eigenvalue weighted by Gasteiger charge is 2.21. The van der Waals surface area contributed by atoms with Crippen molar-refractivity contribution >= 4 is 15.7 Å². The van der Waals surface area contributed by atoms with Crippen LogP contribution >= 0.6 is 0 Å². The number of anilines is 1. The van der Waals surface area contributed by atoms with Gasteiger partial charge in [0.15, 0.2) is 0 Å². The molecule has 0 amide bonds. The summed E-state index contributed by atoms with van der Waals surface area (Å²) in [6.45, 7) is 3.59. The number of hydrogen-bond acceptors (Lipinski definition) is 3. The number of sulfonamides is 1. The maximum absolute atomic E-state index is 12.9. The van der Waals surface area contributed by atoms with Crippen LogP contribution in [-0.2, 0) is 10.0 Å². The van der Waals surface area contributed by atoms with Gasteiger partial charge in [-0.2, -0.15) is 0 Å².